The topological polar surface area (TPSA) is 35.6 Å². The Morgan fingerprint density at radius 2 is 1.68 bits per heavy atom. The fraction of sp³-hybridized carbons (Fsp3) is 0.350. The van der Waals surface area contributed by atoms with Crippen molar-refractivity contribution in [2.75, 3.05) is 36.4 Å². The highest BCUT2D eigenvalue weighted by molar-refractivity contribution is 5.95. The number of hydrogen-bond donors (Lipinski definition) is 1. The Morgan fingerprint density at radius 1 is 1.04 bits per heavy atom. The van der Waals surface area contributed by atoms with Gasteiger partial charge in [0.25, 0.3) is 0 Å². The van der Waals surface area contributed by atoms with Gasteiger partial charge in [-0.15, -0.1) is 0 Å². The van der Waals surface area contributed by atoms with Crippen molar-refractivity contribution >= 4 is 17.3 Å². The summed E-state index contributed by atoms with van der Waals surface area (Å²) in [7, 11) is 0. The number of rotatable bonds is 4. The van der Waals surface area contributed by atoms with Crippen LogP contribution in [0, 0.1) is 12.7 Å². The van der Waals surface area contributed by atoms with E-state index < -0.39 is 0 Å². The van der Waals surface area contributed by atoms with Gasteiger partial charge in [0, 0.05) is 37.6 Å². The number of carbonyl (C=O) groups excluding carboxylic acids is 1. The van der Waals surface area contributed by atoms with Gasteiger partial charge in [-0.3, -0.25) is 9.69 Å². The zero-order chi connectivity index (χ0) is 17.8. The fourth-order valence-electron chi connectivity index (χ4n) is 3.14. The molecule has 0 bridgehead atoms. The van der Waals surface area contributed by atoms with Gasteiger partial charge in [0.15, 0.2) is 0 Å². The van der Waals surface area contributed by atoms with E-state index in [2.05, 4.69) is 15.1 Å². The van der Waals surface area contributed by atoms with Gasteiger partial charge >= 0.3 is 0 Å². The minimum atomic E-state index is -0.219. The number of benzene rings is 2. The van der Waals surface area contributed by atoms with Crippen LogP contribution >= 0.6 is 0 Å². The maximum absolute atomic E-state index is 13.0. The molecule has 0 spiro atoms. The van der Waals surface area contributed by atoms with E-state index in [0.717, 1.165) is 43.1 Å². The first-order valence-electron chi connectivity index (χ1n) is 8.65. The van der Waals surface area contributed by atoms with Crippen LogP contribution in [0.1, 0.15) is 12.5 Å². The second kappa shape index (κ2) is 7.66. The predicted molar refractivity (Wildman–Crippen MR) is 99.5 cm³/mol. The number of carbonyl (C=O) groups is 1. The fourth-order valence-corrected chi connectivity index (χ4v) is 3.14. The van der Waals surface area contributed by atoms with Crippen molar-refractivity contribution < 1.29 is 9.18 Å². The van der Waals surface area contributed by atoms with E-state index in [1.165, 1.54) is 12.1 Å². The highest BCUT2D eigenvalue weighted by atomic mass is 19.1. The van der Waals surface area contributed by atoms with Crippen LogP contribution < -0.4 is 10.2 Å². The molecule has 132 valence electrons. The van der Waals surface area contributed by atoms with Gasteiger partial charge in [-0.05, 0) is 49.7 Å². The van der Waals surface area contributed by atoms with Crippen molar-refractivity contribution in [2.45, 2.75) is 19.9 Å². The second-order valence-electron chi connectivity index (χ2n) is 6.48. The number of anilines is 2. The molecule has 25 heavy (non-hydrogen) atoms. The predicted octanol–water partition coefficient (Wildman–Crippen LogP) is 3.28. The summed E-state index contributed by atoms with van der Waals surface area (Å²) >= 11 is 0. The number of para-hydroxylation sites is 1. The van der Waals surface area contributed by atoms with Crippen LogP contribution in [0.4, 0.5) is 15.8 Å². The van der Waals surface area contributed by atoms with Crippen molar-refractivity contribution in [3.63, 3.8) is 0 Å². The Morgan fingerprint density at radius 3 is 2.32 bits per heavy atom. The molecular weight excluding hydrogens is 317 g/mol. The molecule has 0 aromatic heterocycles. The molecule has 0 saturated carbocycles. The van der Waals surface area contributed by atoms with Gasteiger partial charge in [-0.25, -0.2) is 4.39 Å². The SMILES string of the molecule is Cc1ccccc1NC(=O)C(C)N1CCN(c2ccc(F)cc2)CC1. The molecule has 1 aliphatic heterocycles. The molecule has 1 heterocycles. The summed E-state index contributed by atoms with van der Waals surface area (Å²) in [5.74, 6) is -0.201. The smallest absolute Gasteiger partial charge is 0.241 e. The lowest BCUT2D eigenvalue weighted by Gasteiger charge is -2.38. The second-order valence-corrected chi connectivity index (χ2v) is 6.48. The Kier molecular flexibility index (Phi) is 5.34. The molecule has 1 saturated heterocycles. The van der Waals surface area contributed by atoms with Crippen molar-refractivity contribution in [3.05, 3.63) is 59.9 Å². The van der Waals surface area contributed by atoms with Crippen LogP contribution in [0.15, 0.2) is 48.5 Å². The molecule has 1 aliphatic rings. The van der Waals surface area contributed by atoms with Crippen LogP contribution in [0.3, 0.4) is 0 Å². The quantitative estimate of drug-likeness (QED) is 0.927. The largest absolute Gasteiger partial charge is 0.369 e. The molecule has 0 radical (unpaired) electrons. The summed E-state index contributed by atoms with van der Waals surface area (Å²) in [5.41, 5.74) is 2.95. The number of nitrogens with one attached hydrogen (secondary N) is 1. The number of piperazine rings is 1. The van der Waals surface area contributed by atoms with E-state index >= 15 is 0 Å². The van der Waals surface area contributed by atoms with Crippen molar-refractivity contribution in [1.82, 2.24) is 4.90 Å². The molecule has 2 aromatic rings. The van der Waals surface area contributed by atoms with Gasteiger partial charge < -0.3 is 10.2 Å². The Labute approximate surface area is 148 Å². The van der Waals surface area contributed by atoms with E-state index in [4.69, 9.17) is 0 Å². The van der Waals surface area contributed by atoms with Gasteiger partial charge in [0.05, 0.1) is 6.04 Å². The first kappa shape index (κ1) is 17.4. The molecule has 0 aliphatic carbocycles. The monoisotopic (exact) mass is 341 g/mol. The molecule has 2 aromatic carbocycles. The molecule has 1 atom stereocenters. The summed E-state index contributed by atoms with van der Waals surface area (Å²) in [6.45, 7) is 7.20. The number of amides is 1. The van der Waals surface area contributed by atoms with Crippen LogP contribution in [-0.2, 0) is 4.79 Å². The lowest BCUT2D eigenvalue weighted by molar-refractivity contribution is -0.120. The zero-order valence-electron chi connectivity index (χ0n) is 14.7. The van der Waals surface area contributed by atoms with E-state index in [9.17, 15) is 9.18 Å². The van der Waals surface area contributed by atoms with Crippen LogP contribution in [0.5, 0.6) is 0 Å². The lowest BCUT2D eigenvalue weighted by Crippen LogP contribution is -2.52. The van der Waals surface area contributed by atoms with Crippen molar-refractivity contribution in [1.29, 1.82) is 0 Å². The molecular formula is C20H24FN3O. The highest BCUT2D eigenvalue weighted by Gasteiger charge is 2.25. The van der Waals surface area contributed by atoms with Gasteiger partial charge in [0.1, 0.15) is 5.82 Å². The summed E-state index contributed by atoms with van der Waals surface area (Å²) in [6, 6.07) is 14.2. The van der Waals surface area contributed by atoms with Gasteiger partial charge in [-0.1, -0.05) is 18.2 Å². The number of halogens is 1. The van der Waals surface area contributed by atoms with Crippen LogP contribution in [0.2, 0.25) is 0 Å². The lowest BCUT2D eigenvalue weighted by atomic mass is 10.1. The summed E-state index contributed by atoms with van der Waals surface area (Å²) in [5, 5.41) is 3.02. The van der Waals surface area contributed by atoms with Crippen LogP contribution in [-0.4, -0.2) is 43.0 Å². The highest BCUT2D eigenvalue weighted by Crippen LogP contribution is 2.19. The average Bonchev–Trinajstić information content (AvgIpc) is 2.64. The summed E-state index contributed by atoms with van der Waals surface area (Å²) in [6.07, 6.45) is 0. The number of aryl methyl sites for hydroxylation is 1. The third kappa shape index (κ3) is 4.17. The Balaban J connectivity index is 1.56. The van der Waals surface area contributed by atoms with Crippen molar-refractivity contribution in [3.8, 4) is 0 Å². The van der Waals surface area contributed by atoms with Gasteiger partial charge in [-0.2, -0.15) is 0 Å². The maximum Gasteiger partial charge on any atom is 0.241 e. The van der Waals surface area contributed by atoms with E-state index in [0.29, 0.717) is 0 Å². The minimum absolute atomic E-state index is 0.0181. The third-order valence-electron chi connectivity index (χ3n) is 4.84. The van der Waals surface area contributed by atoms with E-state index in [1.807, 2.05) is 38.1 Å². The number of hydrogen-bond acceptors (Lipinski definition) is 3. The van der Waals surface area contributed by atoms with E-state index in [1.54, 1.807) is 12.1 Å². The van der Waals surface area contributed by atoms with Crippen molar-refractivity contribution in [2.24, 2.45) is 0 Å². The molecule has 1 unspecified atom stereocenters. The molecule has 1 amide bonds. The zero-order valence-corrected chi connectivity index (χ0v) is 14.7. The van der Waals surface area contributed by atoms with E-state index in [-0.39, 0.29) is 17.8 Å². The minimum Gasteiger partial charge on any atom is -0.369 e. The first-order valence-corrected chi connectivity index (χ1v) is 8.65. The molecule has 1 fully saturated rings. The standard InChI is InChI=1S/C20H24FN3O/c1-15-5-3-4-6-19(15)22-20(25)16(2)23-11-13-24(14-12-23)18-9-7-17(21)8-10-18/h3-10,16H,11-14H2,1-2H3,(H,22,25). The normalized spacial score (nSPS) is 16.5. The number of nitrogens with zero attached hydrogens (tertiary/aromatic N) is 2. The third-order valence-corrected chi connectivity index (χ3v) is 4.84. The first-order chi connectivity index (χ1) is 12.0. The Hall–Kier alpha value is -2.40. The van der Waals surface area contributed by atoms with Gasteiger partial charge in [0.2, 0.25) is 5.91 Å². The summed E-state index contributed by atoms with van der Waals surface area (Å²) < 4.78 is 13.0. The average molecular weight is 341 g/mol. The Bertz CT molecular complexity index is 724. The molecule has 4 nitrogen and oxygen atoms in total. The maximum atomic E-state index is 13.0. The molecule has 3 rings (SSSR count). The van der Waals surface area contributed by atoms with Crippen LogP contribution in [0.25, 0.3) is 0 Å². The molecule has 5 heteroatoms. The molecule has 1 N–H and O–H groups in total. The summed E-state index contributed by atoms with van der Waals surface area (Å²) in [4.78, 5) is 17.0.